The Bertz CT molecular complexity index is 1060. The Hall–Kier alpha value is -4.81. The molecule has 0 saturated carbocycles. The maximum Gasteiger partial charge on any atom is 0.320 e. The van der Waals surface area contributed by atoms with E-state index in [1.54, 1.807) is 24.3 Å². The van der Waals surface area contributed by atoms with E-state index in [0.29, 0.717) is 0 Å². The van der Waals surface area contributed by atoms with Gasteiger partial charge in [-0.1, -0.05) is 24.3 Å². The van der Waals surface area contributed by atoms with Gasteiger partial charge in [0.15, 0.2) is 0 Å². The molecule has 246 valence electrons. The van der Waals surface area contributed by atoms with Crippen LogP contribution in [0.3, 0.4) is 0 Å². The van der Waals surface area contributed by atoms with Crippen LogP contribution in [0, 0.1) is 0 Å². The standard InChI is InChI=1S/2C9H11NO3.C5H9NO2.2C2H5NO2/c2*10-8(9(12)13)5-6-1-3-7(11)4-2-6;7-5(8)4-2-1-3-6-4;2*3-1-2(4)5/h2*1-4,8,11H,5,10H2,(H,12,13);4,6H,1-3H2,(H,7,8);2*1,3H2,(H,4,5)/t2*8-;4-;;/m000../s1. The van der Waals surface area contributed by atoms with Gasteiger partial charge in [0.2, 0.25) is 0 Å². The molecule has 1 aliphatic heterocycles. The van der Waals surface area contributed by atoms with E-state index in [1.807, 2.05) is 0 Å². The van der Waals surface area contributed by atoms with E-state index in [2.05, 4.69) is 16.8 Å². The van der Waals surface area contributed by atoms with Crippen LogP contribution in [0.15, 0.2) is 48.5 Å². The smallest absolute Gasteiger partial charge is 0.320 e. The summed E-state index contributed by atoms with van der Waals surface area (Å²) in [4.78, 5) is 49.4. The molecule has 3 atom stereocenters. The minimum Gasteiger partial charge on any atom is -0.508 e. The number of hydrogen-bond donors (Lipinski definition) is 12. The molecule has 2 aromatic rings. The molecule has 16 N–H and O–H groups in total. The second kappa shape index (κ2) is 23.7. The molecule has 0 aliphatic carbocycles. The number of benzene rings is 2. The van der Waals surface area contributed by atoms with Crippen LogP contribution in [0.25, 0.3) is 0 Å². The first-order valence-electron chi connectivity index (χ1n) is 12.9. The average molecular weight is 628 g/mol. The van der Waals surface area contributed by atoms with Gasteiger partial charge < -0.3 is 64.0 Å². The van der Waals surface area contributed by atoms with Gasteiger partial charge in [-0.25, -0.2) is 0 Å². The van der Waals surface area contributed by atoms with E-state index in [-0.39, 0.29) is 43.5 Å². The number of phenols is 2. The maximum atomic E-state index is 10.4. The third-order valence-corrected chi connectivity index (χ3v) is 5.13. The summed E-state index contributed by atoms with van der Waals surface area (Å²) in [5, 5.41) is 61.4. The SMILES string of the molecule is NCC(=O)O.NCC(=O)O.N[C@@H](Cc1ccc(O)cc1)C(=O)O.N[C@@H](Cc1ccc(O)cc1)C(=O)O.O=C(O)[C@@H]1CCCN1. The van der Waals surface area contributed by atoms with E-state index >= 15 is 0 Å². The molecule has 1 fully saturated rings. The van der Waals surface area contributed by atoms with Crippen LogP contribution in [0.5, 0.6) is 11.5 Å². The van der Waals surface area contributed by atoms with Crippen molar-refractivity contribution in [3.05, 3.63) is 59.7 Å². The number of aliphatic carboxylic acids is 5. The first-order valence-corrected chi connectivity index (χ1v) is 12.9. The lowest BCUT2D eigenvalue weighted by Crippen LogP contribution is -2.32. The Labute approximate surface area is 252 Å². The van der Waals surface area contributed by atoms with Crippen LogP contribution in [0.4, 0.5) is 0 Å². The van der Waals surface area contributed by atoms with E-state index in [9.17, 15) is 24.0 Å². The van der Waals surface area contributed by atoms with Gasteiger partial charge in [0.1, 0.15) is 29.6 Å². The van der Waals surface area contributed by atoms with Crippen LogP contribution in [0.1, 0.15) is 24.0 Å². The zero-order valence-electron chi connectivity index (χ0n) is 23.8. The third-order valence-electron chi connectivity index (χ3n) is 5.13. The Balaban J connectivity index is 0. The van der Waals surface area contributed by atoms with Crippen LogP contribution in [-0.4, -0.2) is 103 Å². The first kappa shape index (κ1) is 41.3. The summed E-state index contributed by atoms with van der Waals surface area (Å²) < 4.78 is 0. The Morgan fingerprint density at radius 3 is 1.18 bits per heavy atom. The molecule has 1 heterocycles. The number of carboxylic acid groups (broad SMARTS) is 5. The molecule has 1 aliphatic rings. The number of aromatic hydroxyl groups is 2. The van der Waals surface area contributed by atoms with E-state index in [0.717, 1.165) is 30.5 Å². The summed E-state index contributed by atoms with van der Waals surface area (Å²) >= 11 is 0. The third kappa shape index (κ3) is 22.8. The van der Waals surface area contributed by atoms with E-state index in [4.69, 9.17) is 47.2 Å². The highest BCUT2D eigenvalue weighted by Crippen LogP contribution is 2.11. The summed E-state index contributed by atoms with van der Waals surface area (Å²) in [5.41, 5.74) is 21.4. The van der Waals surface area contributed by atoms with E-state index < -0.39 is 41.9 Å². The summed E-state index contributed by atoms with van der Waals surface area (Å²) in [5.74, 6) is -4.38. The molecule has 0 aromatic heterocycles. The summed E-state index contributed by atoms with van der Waals surface area (Å²) in [6.45, 7) is 0.303. The van der Waals surface area contributed by atoms with Crippen LogP contribution in [0.2, 0.25) is 0 Å². The van der Waals surface area contributed by atoms with Gasteiger partial charge in [-0.2, -0.15) is 0 Å². The largest absolute Gasteiger partial charge is 0.508 e. The van der Waals surface area contributed by atoms with Crippen LogP contribution in [-0.2, 0) is 36.8 Å². The highest BCUT2D eigenvalue weighted by atomic mass is 16.4. The van der Waals surface area contributed by atoms with Gasteiger partial charge >= 0.3 is 29.8 Å². The van der Waals surface area contributed by atoms with Crippen molar-refractivity contribution in [3.8, 4) is 11.5 Å². The molecule has 0 spiro atoms. The van der Waals surface area contributed by atoms with Gasteiger partial charge in [0.05, 0.1) is 13.1 Å². The molecule has 3 rings (SSSR count). The highest BCUT2D eigenvalue weighted by Gasteiger charge is 2.20. The second-order valence-corrected chi connectivity index (χ2v) is 8.81. The molecule has 44 heavy (non-hydrogen) atoms. The van der Waals surface area contributed by atoms with Crippen molar-refractivity contribution in [1.29, 1.82) is 0 Å². The van der Waals surface area contributed by atoms with Gasteiger partial charge in [0.25, 0.3) is 0 Å². The van der Waals surface area contributed by atoms with Crippen molar-refractivity contribution in [3.63, 3.8) is 0 Å². The van der Waals surface area contributed by atoms with Crippen molar-refractivity contribution >= 4 is 29.8 Å². The molecular formula is C27H41N5O12. The molecule has 1 saturated heterocycles. The minimum atomic E-state index is -1.02. The number of phenolic OH excluding ortho intramolecular Hbond substituents is 2. The Morgan fingerprint density at radius 2 is 1.00 bits per heavy atom. The molecule has 0 radical (unpaired) electrons. The summed E-state index contributed by atoms with van der Waals surface area (Å²) in [6, 6.07) is 10.6. The van der Waals surface area contributed by atoms with Gasteiger partial charge in [-0.05, 0) is 67.6 Å². The molecule has 0 amide bonds. The lowest BCUT2D eigenvalue weighted by molar-refractivity contribution is -0.139. The lowest BCUT2D eigenvalue weighted by Gasteiger charge is -2.05. The molecule has 0 unspecified atom stereocenters. The summed E-state index contributed by atoms with van der Waals surface area (Å²) in [7, 11) is 0. The zero-order valence-corrected chi connectivity index (χ0v) is 23.8. The lowest BCUT2D eigenvalue weighted by atomic mass is 10.1. The van der Waals surface area contributed by atoms with Crippen LogP contribution >= 0.6 is 0 Å². The highest BCUT2D eigenvalue weighted by molar-refractivity contribution is 5.74. The number of carboxylic acids is 5. The number of nitrogens with two attached hydrogens (primary N) is 4. The van der Waals surface area contributed by atoms with Crippen molar-refractivity contribution in [2.45, 2.75) is 43.8 Å². The molecule has 17 heteroatoms. The zero-order chi connectivity index (χ0) is 34.2. The normalized spacial score (nSPS) is 14.1. The fraction of sp³-hybridized carbons (Fsp3) is 0.370. The quantitative estimate of drug-likeness (QED) is 0.152. The average Bonchev–Trinajstić information content (AvgIpc) is 3.52. The predicted octanol–water partition coefficient (Wildman–Crippen LogP) is -1.42. The fourth-order valence-electron chi connectivity index (χ4n) is 2.84. The van der Waals surface area contributed by atoms with E-state index in [1.165, 1.54) is 24.3 Å². The number of rotatable bonds is 9. The molecular weight excluding hydrogens is 586 g/mol. The molecule has 17 nitrogen and oxygen atoms in total. The number of carbonyl (C=O) groups is 5. The van der Waals surface area contributed by atoms with Crippen molar-refractivity contribution < 1.29 is 59.7 Å². The number of nitrogens with one attached hydrogen (secondary N) is 1. The van der Waals surface area contributed by atoms with Gasteiger partial charge in [0, 0.05) is 0 Å². The van der Waals surface area contributed by atoms with Gasteiger partial charge in [-0.3, -0.25) is 24.0 Å². The minimum absolute atomic E-state index is 0.160. The Morgan fingerprint density at radius 1 is 0.682 bits per heavy atom. The Kier molecular flexibility index (Phi) is 22.3. The first-order chi connectivity index (χ1) is 20.5. The fourth-order valence-corrected chi connectivity index (χ4v) is 2.84. The van der Waals surface area contributed by atoms with Crippen LogP contribution < -0.4 is 28.3 Å². The topological polar surface area (TPSA) is 343 Å². The summed E-state index contributed by atoms with van der Waals surface area (Å²) in [6.07, 6.45) is 2.33. The number of hydrogen-bond acceptors (Lipinski definition) is 12. The molecule has 0 bridgehead atoms. The maximum absolute atomic E-state index is 10.4. The monoisotopic (exact) mass is 627 g/mol. The predicted molar refractivity (Wildman–Crippen MR) is 157 cm³/mol. The molecule has 2 aromatic carbocycles. The van der Waals surface area contributed by atoms with Crippen molar-refractivity contribution in [2.75, 3.05) is 19.6 Å². The van der Waals surface area contributed by atoms with Gasteiger partial charge in [-0.15, -0.1) is 0 Å². The van der Waals surface area contributed by atoms with Crippen molar-refractivity contribution in [2.24, 2.45) is 22.9 Å². The van der Waals surface area contributed by atoms with Crippen molar-refractivity contribution in [1.82, 2.24) is 5.32 Å². The second-order valence-electron chi connectivity index (χ2n) is 8.81.